The van der Waals surface area contributed by atoms with Gasteiger partial charge in [0.1, 0.15) is 11.0 Å². The van der Waals surface area contributed by atoms with E-state index < -0.39 is 0 Å². The van der Waals surface area contributed by atoms with E-state index in [4.69, 9.17) is 4.74 Å². The largest absolute Gasteiger partial charge is 0.458 e. The molecule has 2 heterocycles. The number of aryl methyl sites for hydroxylation is 1. The summed E-state index contributed by atoms with van der Waals surface area (Å²) in [5.41, 5.74) is 0. The molecule has 1 fully saturated rings. The molecule has 24 heavy (non-hydrogen) atoms. The molecule has 4 heteroatoms. The minimum atomic E-state index is -0.115. The fraction of sp³-hybridized carbons (Fsp3) is 0.650. The van der Waals surface area contributed by atoms with Crippen molar-refractivity contribution in [3.63, 3.8) is 0 Å². The van der Waals surface area contributed by atoms with Gasteiger partial charge in [-0.1, -0.05) is 33.1 Å². The number of thiophene rings is 2. The van der Waals surface area contributed by atoms with Crippen molar-refractivity contribution in [2.24, 2.45) is 5.92 Å². The third kappa shape index (κ3) is 4.40. The van der Waals surface area contributed by atoms with Crippen molar-refractivity contribution in [1.82, 2.24) is 0 Å². The van der Waals surface area contributed by atoms with Gasteiger partial charge < -0.3 is 4.74 Å². The molecule has 0 aliphatic heterocycles. The molecular weight excluding hydrogens is 336 g/mol. The summed E-state index contributed by atoms with van der Waals surface area (Å²) in [6, 6.07) is 4.30. The maximum Gasteiger partial charge on any atom is 0.348 e. The number of hydrogen-bond donors (Lipinski definition) is 0. The molecule has 2 aromatic rings. The summed E-state index contributed by atoms with van der Waals surface area (Å²) in [4.78, 5) is 14.6. The number of rotatable bonds is 7. The summed E-state index contributed by atoms with van der Waals surface area (Å²) in [6.45, 7) is 4.49. The first-order valence-electron chi connectivity index (χ1n) is 9.42. The van der Waals surface area contributed by atoms with Crippen LogP contribution in [-0.4, -0.2) is 12.1 Å². The van der Waals surface area contributed by atoms with Crippen molar-refractivity contribution in [3.05, 3.63) is 21.9 Å². The van der Waals surface area contributed by atoms with Gasteiger partial charge in [-0.15, -0.1) is 22.7 Å². The lowest BCUT2D eigenvalue weighted by Crippen LogP contribution is -2.24. The van der Waals surface area contributed by atoms with Crippen LogP contribution in [0.1, 0.15) is 79.8 Å². The molecule has 0 radical (unpaired) electrons. The molecule has 2 aromatic heterocycles. The van der Waals surface area contributed by atoms with Gasteiger partial charge in [0.05, 0.1) is 0 Å². The van der Waals surface area contributed by atoms with Crippen LogP contribution in [0.25, 0.3) is 9.40 Å². The summed E-state index contributed by atoms with van der Waals surface area (Å²) in [5.74, 6) is 0.717. The fourth-order valence-electron chi connectivity index (χ4n) is 3.53. The van der Waals surface area contributed by atoms with Gasteiger partial charge in [0.25, 0.3) is 0 Å². The van der Waals surface area contributed by atoms with Crippen LogP contribution in [0.15, 0.2) is 12.1 Å². The molecule has 0 unspecified atom stereocenters. The molecule has 0 saturated heterocycles. The Kier molecular flexibility index (Phi) is 6.34. The standard InChI is InChI=1S/C20H28O2S2/c1-3-5-6-7-16-12-17-18(23-16)13-19(24-17)20(21)22-15-10-8-14(4-2)9-11-15/h12-15H,3-11H2,1-2H3. The first-order valence-corrected chi connectivity index (χ1v) is 11.1. The molecular formula is C20H28O2S2. The van der Waals surface area contributed by atoms with Crippen LogP contribution in [0.2, 0.25) is 0 Å². The lowest BCUT2D eigenvalue weighted by Gasteiger charge is -2.27. The van der Waals surface area contributed by atoms with Crippen molar-refractivity contribution in [3.8, 4) is 0 Å². The minimum Gasteiger partial charge on any atom is -0.458 e. The molecule has 3 rings (SSSR count). The summed E-state index contributed by atoms with van der Waals surface area (Å²) in [6.07, 6.45) is 10.8. The first-order chi connectivity index (χ1) is 11.7. The van der Waals surface area contributed by atoms with E-state index in [1.807, 2.05) is 17.4 Å². The van der Waals surface area contributed by atoms with E-state index in [0.29, 0.717) is 0 Å². The number of fused-ring (bicyclic) bond motifs is 1. The Morgan fingerprint density at radius 1 is 1.08 bits per heavy atom. The van der Waals surface area contributed by atoms with Crippen molar-refractivity contribution >= 4 is 38.0 Å². The summed E-state index contributed by atoms with van der Waals surface area (Å²) in [7, 11) is 0. The van der Waals surface area contributed by atoms with Crippen LogP contribution in [0.5, 0.6) is 0 Å². The highest BCUT2D eigenvalue weighted by molar-refractivity contribution is 7.28. The first kappa shape index (κ1) is 17.9. The van der Waals surface area contributed by atoms with E-state index in [0.717, 1.165) is 23.6 Å². The number of unbranched alkanes of at least 4 members (excludes halogenated alkanes) is 2. The van der Waals surface area contributed by atoms with Crippen molar-refractivity contribution in [2.45, 2.75) is 77.7 Å². The van der Waals surface area contributed by atoms with E-state index in [2.05, 4.69) is 19.9 Å². The second kappa shape index (κ2) is 8.48. The number of hydrogen-bond acceptors (Lipinski definition) is 4. The van der Waals surface area contributed by atoms with Crippen LogP contribution < -0.4 is 0 Å². The summed E-state index contributed by atoms with van der Waals surface area (Å²) in [5, 5.41) is 0. The Balaban J connectivity index is 1.56. The van der Waals surface area contributed by atoms with Gasteiger partial charge in [0, 0.05) is 14.3 Å². The average Bonchev–Trinajstić information content (AvgIpc) is 3.14. The predicted octanol–water partition coefficient (Wildman–Crippen LogP) is 6.82. The van der Waals surface area contributed by atoms with Crippen molar-refractivity contribution in [2.75, 3.05) is 0 Å². The van der Waals surface area contributed by atoms with Crippen LogP contribution in [0, 0.1) is 5.92 Å². The topological polar surface area (TPSA) is 26.3 Å². The average molecular weight is 365 g/mol. The maximum absolute atomic E-state index is 12.4. The normalized spacial score (nSPS) is 21.2. The van der Waals surface area contributed by atoms with Crippen LogP contribution in [-0.2, 0) is 11.2 Å². The number of ether oxygens (including phenoxy) is 1. The highest BCUT2D eigenvalue weighted by Gasteiger charge is 2.24. The Morgan fingerprint density at radius 3 is 2.50 bits per heavy atom. The monoisotopic (exact) mass is 364 g/mol. The third-order valence-electron chi connectivity index (χ3n) is 5.13. The molecule has 1 saturated carbocycles. The van der Waals surface area contributed by atoms with E-state index in [1.165, 1.54) is 59.2 Å². The van der Waals surface area contributed by atoms with Crippen molar-refractivity contribution in [1.29, 1.82) is 0 Å². The molecule has 0 amide bonds. The highest BCUT2D eigenvalue weighted by atomic mass is 32.1. The van der Waals surface area contributed by atoms with Gasteiger partial charge in [-0.2, -0.15) is 0 Å². The second-order valence-corrected chi connectivity index (χ2v) is 9.22. The molecule has 132 valence electrons. The van der Waals surface area contributed by atoms with E-state index in [-0.39, 0.29) is 12.1 Å². The number of carbonyl (C=O) groups is 1. The zero-order valence-electron chi connectivity index (χ0n) is 14.8. The molecule has 0 aromatic carbocycles. The fourth-order valence-corrected chi connectivity index (χ4v) is 5.87. The number of carbonyl (C=O) groups excluding carboxylic acids is 1. The van der Waals surface area contributed by atoms with Gasteiger partial charge in [0.15, 0.2) is 0 Å². The van der Waals surface area contributed by atoms with Gasteiger partial charge in [-0.25, -0.2) is 4.79 Å². The second-order valence-electron chi connectivity index (χ2n) is 6.97. The van der Waals surface area contributed by atoms with Gasteiger partial charge in [-0.05, 0) is 56.6 Å². The molecule has 2 nitrogen and oxygen atoms in total. The Bertz CT molecular complexity index is 631. The van der Waals surface area contributed by atoms with E-state index >= 15 is 0 Å². The smallest absolute Gasteiger partial charge is 0.348 e. The van der Waals surface area contributed by atoms with Gasteiger partial charge in [0.2, 0.25) is 0 Å². The zero-order valence-corrected chi connectivity index (χ0v) is 16.4. The maximum atomic E-state index is 12.4. The Morgan fingerprint density at radius 2 is 1.83 bits per heavy atom. The molecule has 1 aliphatic rings. The van der Waals surface area contributed by atoms with Crippen LogP contribution in [0.4, 0.5) is 0 Å². The van der Waals surface area contributed by atoms with Crippen molar-refractivity contribution < 1.29 is 9.53 Å². The quantitative estimate of drug-likeness (QED) is 0.398. The highest BCUT2D eigenvalue weighted by Crippen LogP contribution is 2.35. The van der Waals surface area contributed by atoms with Gasteiger partial charge >= 0.3 is 5.97 Å². The summed E-state index contributed by atoms with van der Waals surface area (Å²) < 4.78 is 8.24. The molecule has 0 atom stereocenters. The van der Waals surface area contributed by atoms with Gasteiger partial charge in [-0.3, -0.25) is 0 Å². The van der Waals surface area contributed by atoms with Crippen LogP contribution >= 0.6 is 22.7 Å². The molecule has 1 aliphatic carbocycles. The predicted molar refractivity (Wildman–Crippen MR) is 104 cm³/mol. The Labute approximate surface area is 153 Å². The lowest BCUT2D eigenvalue weighted by atomic mass is 9.86. The SMILES string of the molecule is CCCCCc1cc2sc(C(=O)OC3CCC(CC)CC3)cc2s1. The third-order valence-corrected chi connectivity index (χ3v) is 7.46. The zero-order chi connectivity index (χ0) is 16.9. The van der Waals surface area contributed by atoms with Crippen LogP contribution in [0.3, 0.4) is 0 Å². The van der Waals surface area contributed by atoms with E-state index in [9.17, 15) is 4.79 Å². The Hall–Kier alpha value is -0.870. The summed E-state index contributed by atoms with van der Waals surface area (Å²) >= 11 is 3.43. The molecule has 0 N–H and O–H groups in total. The minimum absolute atomic E-state index is 0.115. The van der Waals surface area contributed by atoms with E-state index in [1.54, 1.807) is 11.3 Å². The number of esters is 1. The molecule has 0 bridgehead atoms. The molecule has 0 spiro atoms. The lowest BCUT2D eigenvalue weighted by molar-refractivity contribution is 0.0170.